The molecule has 2 atom stereocenters. The van der Waals surface area contributed by atoms with Crippen LogP contribution >= 0.6 is 0 Å². The first kappa shape index (κ1) is 20.7. The van der Waals surface area contributed by atoms with Gasteiger partial charge in [0.05, 0.1) is 24.1 Å². The fourth-order valence-electron chi connectivity index (χ4n) is 3.71. The van der Waals surface area contributed by atoms with E-state index < -0.39 is 11.7 Å². The van der Waals surface area contributed by atoms with Crippen LogP contribution in [0.4, 0.5) is 10.2 Å². The molecule has 0 radical (unpaired) electrons. The first-order chi connectivity index (χ1) is 14.9. The Bertz CT molecular complexity index is 1090. The van der Waals surface area contributed by atoms with Crippen molar-refractivity contribution in [2.75, 3.05) is 18.4 Å². The molecule has 2 aromatic carbocycles. The number of para-hydroxylation sites is 1. The summed E-state index contributed by atoms with van der Waals surface area (Å²) in [6.07, 6.45) is 1.26. The summed E-state index contributed by atoms with van der Waals surface area (Å²) >= 11 is 0. The van der Waals surface area contributed by atoms with Crippen LogP contribution in [-0.4, -0.2) is 51.8 Å². The maximum absolute atomic E-state index is 13.6. The second kappa shape index (κ2) is 8.69. The van der Waals surface area contributed by atoms with Crippen LogP contribution in [0.2, 0.25) is 0 Å². The van der Waals surface area contributed by atoms with Gasteiger partial charge >= 0.3 is 0 Å². The molecule has 8 heteroatoms. The van der Waals surface area contributed by atoms with E-state index in [4.69, 9.17) is 4.74 Å². The molecule has 2 amide bonds. The van der Waals surface area contributed by atoms with E-state index in [2.05, 4.69) is 10.4 Å². The standard InChI is InChI=1S/C23H23FN4O3/c1-15-13-27(14-16(2)31-15)23(30)20-12-25-28(19-9-4-3-5-10-19)21(20)26-22(29)17-7-6-8-18(24)11-17/h3-12,15-16H,13-14H2,1-2H3,(H,26,29)/t15-,16-/m1/s1. The summed E-state index contributed by atoms with van der Waals surface area (Å²) in [5.74, 6) is -1.07. The number of ether oxygens (including phenoxy) is 1. The molecule has 0 unspecified atom stereocenters. The van der Waals surface area contributed by atoms with Gasteiger partial charge in [-0.2, -0.15) is 5.10 Å². The van der Waals surface area contributed by atoms with Gasteiger partial charge in [0.25, 0.3) is 11.8 Å². The Morgan fingerprint density at radius 2 is 1.77 bits per heavy atom. The number of anilines is 1. The summed E-state index contributed by atoms with van der Waals surface area (Å²) in [6.45, 7) is 4.71. The van der Waals surface area contributed by atoms with Crippen LogP contribution < -0.4 is 5.32 Å². The number of carbonyl (C=O) groups excluding carboxylic acids is 2. The van der Waals surface area contributed by atoms with Crippen molar-refractivity contribution in [1.29, 1.82) is 0 Å². The van der Waals surface area contributed by atoms with Crippen molar-refractivity contribution in [3.63, 3.8) is 0 Å². The lowest BCUT2D eigenvalue weighted by Gasteiger charge is -2.35. The van der Waals surface area contributed by atoms with Crippen molar-refractivity contribution in [1.82, 2.24) is 14.7 Å². The number of nitrogens with one attached hydrogen (secondary N) is 1. The van der Waals surface area contributed by atoms with Gasteiger partial charge in [-0.05, 0) is 44.2 Å². The summed E-state index contributed by atoms with van der Waals surface area (Å²) in [4.78, 5) is 27.9. The number of hydrogen-bond acceptors (Lipinski definition) is 4. The van der Waals surface area contributed by atoms with Gasteiger partial charge in [-0.25, -0.2) is 9.07 Å². The van der Waals surface area contributed by atoms with Gasteiger partial charge in [-0.15, -0.1) is 0 Å². The molecule has 1 N–H and O–H groups in total. The zero-order valence-corrected chi connectivity index (χ0v) is 17.3. The van der Waals surface area contributed by atoms with E-state index in [9.17, 15) is 14.0 Å². The quantitative estimate of drug-likeness (QED) is 0.698. The smallest absolute Gasteiger partial charge is 0.259 e. The zero-order valence-electron chi connectivity index (χ0n) is 17.3. The van der Waals surface area contributed by atoms with Crippen LogP contribution in [0.25, 0.3) is 5.69 Å². The van der Waals surface area contributed by atoms with Gasteiger partial charge in [0.15, 0.2) is 0 Å². The van der Waals surface area contributed by atoms with E-state index in [1.165, 1.54) is 29.1 Å². The predicted octanol–water partition coefficient (Wildman–Crippen LogP) is 3.51. The third kappa shape index (κ3) is 4.49. The van der Waals surface area contributed by atoms with E-state index >= 15 is 0 Å². The minimum absolute atomic E-state index is 0.0952. The highest BCUT2D eigenvalue weighted by Crippen LogP contribution is 2.24. The molecule has 0 bridgehead atoms. The number of carbonyl (C=O) groups is 2. The fraction of sp³-hybridized carbons (Fsp3) is 0.261. The van der Waals surface area contributed by atoms with Gasteiger partial charge < -0.3 is 15.0 Å². The number of rotatable bonds is 4. The van der Waals surface area contributed by atoms with Gasteiger partial charge in [-0.1, -0.05) is 24.3 Å². The summed E-state index contributed by atoms with van der Waals surface area (Å²) in [6, 6.07) is 14.5. The fourth-order valence-corrected chi connectivity index (χ4v) is 3.71. The predicted molar refractivity (Wildman–Crippen MR) is 114 cm³/mol. The second-order valence-electron chi connectivity index (χ2n) is 7.59. The summed E-state index contributed by atoms with van der Waals surface area (Å²) in [5.41, 5.74) is 1.09. The van der Waals surface area contributed by atoms with Crippen LogP contribution in [0.15, 0.2) is 60.8 Å². The Hall–Kier alpha value is -3.52. The average Bonchev–Trinajstić information content (AvgIpc) is 3.16. The molecule has 160 valence electrons. The molecule has 7 nitrogen and oxygen atoms in total. The molecule has 1 fully saturated rings. The molecule has 1 aliphatic heterocycles. The first-order valence-electron chi connectivity index (χ1n) is 10.1. The van der Waals surface area contributed by atoms with Crippen molar-refractivity contribution >= 4 is 17.6 Å². The highest BCUT2D eigenvalue weighted by Gasteiger charge is 2.30. The van der Waals surface area contributed by atoms with Gasteiger partial charge in [0.2, 0.25) is 0 Å². The van der Waals surface area contributed by atoms with Crippen molar-refractivity contribution in [2.45, 2.75) is 26.1 Å². The monoisotopic (exact) mass is 422 g/mol. The largest absolute Gasteiger partial charge is 0.372 e. The molecule has 0 aliphatic carbocycles. The number of aromatic nitrogens is 2. The number of hydrogen-bond donors (Lipinski definition) is 1. The number of halogens is 1. The Morgan fingerprint density at radius 3 is 2.45 bits per heavy atom. The van der Waals surface area contributed by atoms with Gasteiger partial charge in [0, 0.05) is 18.7 Å². The Kier molecular flexibility index (Phi) is 5.81. The minimum Gasteiger partial charge on any atom is -0.372 e. The SMILES string of the molecule is C[C@@H]1CN(C(=O)c2cnn(-c3ccccc3)c2NC(=O)c2cccc(F)c2)C[C@@H](C)O1. The third-order valence-corrected chi connectivity index (χ3v) is 5.03. The number of nitrogens with zero attached hydrogens (tertiary/aromatic N) is 3. The summed E-state index contributed by atoms with van der Waals surface area (Å²) < 4.78 is 20.8. The Morgan fingerprint density at radius 1 is 1.06 bits per heavy atom. The van der Waals surface area contributed by atoms with E-state index in [0.717, 1.165) is 6.07 Å². The number of benzene rings is 2. The van der Waals surface area contributed by atoms with Crippen LogP contribution in [0.1, 0.15) is 34.6 Å². The maximum atomic E-state index is 13.6. The first-order valence-corrected chi connectivity index (χ1v) is 10.1. The van der Waals surface area contributed by atoms with Crippen molar-refractivity contribution in [3.8, 4) is 5.69 Å². The number of amides is 2. The molecule has 1 aliphatic rings. The normalized spacial score (nSPS) is 18.6. The van der Waals surface area contributed by atoms with Crippen LogP contribution in [0.5, 0.6) is 0 Å². The van der Waals surface area contributed by atoms with E-state index in [1.54, 1.807) is 4.90 Å². The van der Waals surface area contributed by atoms with Crippen LogP contribution in [0, 0.1) is 5.82 Å². The third-order valence-electron chi connectivity index (χ3n) is 5.03. The summed E-state index contributed by atoms with van der Waals surface area (Å²) in [5, 5.41) is 7.11. The average molecular weight is 422 g/mol. The molecule has 1 saturated heterocycles. The molecule has 0 saturated carbocycles. The van der Waals surface area contributed by atoms with Crippen molar-refractivity contribution < 1.29 is 18.7 Å². The molecule has 1 aromatic heterocycles. The maximum Gasteiger partial charge on any atom is 0.259 e. The molecule has 3 aromatic rings. The minimum atomic E-state index is -0.532. The highest BCUT2D eigenvalue weighted by molar-refractivity contribution is 6.08. The van der Waals surface area contributed by atoms with Gasteiger partial charge in [-0.3, -0.25) is 9.59 Å². The Labute approximate surface area is 179 Å². The van der Waals surface area contributed by atoms with E-state index in [0.29, 0.717) is 18.8 Å². The van der Waals surface area contributed by atoms with Crippen LogP contribution in [-0.2, 0) is 4.74 Å². The van der Waals surface area contributed by atoms with Crippen molar-refractivity contribution in [3.05, 3.63) is 77.7 Å². The van der Waals surface area contributed by atoms with Crippen LogP contribution in [0.3, 0.4) is 0 Å². The zero-order chi connectivity index (χ0) is 22.0. The molecule has 0 spiro atoms. The molecule has 2 heterocycles. The highest BCUT2D eigenvalue weighted by atomic mass is 19.1. The lowest BCUT2D eigenvalue weighted by Crippen LogP contribution is -2.48. The Balaban J connectivity index is 1.71. The number of morpholine rings is 1. The lowest BCUT2D eigenvalue weighted by molar-refractivity contribution is -0.0585. The summed E-state index contributed by atoms with van der Waals surface area (Å²) in [7, 11) is 0. The molecule has 4 rings (SSSR count). The molecular weight excluding hydrogens is 399 g/mol. The van der Waals surface area contributed by atoms with Gasteiger partial charge in [0.1, 0.15) is 17.2 Å². The molecule has 31 heavy (non-hydrogen) atoms. The lowest BCUT2D eigenvalue weighted by atomic mass is 10.1. The second-order valence-corrected chi connectivity index (χ2v) is 7.59. The molecular formula is C23H23FN4O3. The van der Waals surface area contributed by atoms with Crippen molar-refractivity contribution in [2.24, 2.45) is 0 Å². The topological polar surface area (TPSA) is 76.5 Å². The van der Waals surface area contributed by atoms with E-state index in [1.807, 2.05) is 44.2 Å². The van der Waals surface area contributed by atoms with E-state index in [-0.39, 0.29) is 35.1 Å².